The molecular weight excluding hydrogens is 541 g/mol. The molecule has 0 spiro atoms. The number of rotatable bonds is 6. The first-order chi connectivity index (χ1) is 18.2. The summed E-state index contributed by atoms with van der Waals surface area (Å²) in [6, 6.07) is 3.02. The summed E-state index contributed by atoms with van der Waals surface area (Å²) in [5.74, 6) is -3.21. The number of nitrogen functional groups attached to an aromatic ring is 1. The molecule has 0 saturated carbocycles. The van der Waals surface area contributed by atoms with Crippen molar-refractivity contribution in [2.24, 2.45) is 0 Å². The highest BCUT2D eigenvalue weighted by Crippen LogP contribution is 2.39. The molecule has 0 fully saturated rings. The highest BCUT2D eigenvalue weighted by atomic mass is 19.4. The summed E-state index contributed by atoms with van der Waals surface area (Å²) in [4.78, 5) is 20.7. The first kappa shape index (κ1) is 27.4. The molecule has 0 aliphatic heterocycles. The second-order valence-corrected chi connectivity index (χ2v) is 8.05. The van der Waals surface area contributed by atoms with E-state index in [9.17, 15) is 35.5 Å². The zero-order valence-corrected chi connectivity index (χ0v) is 19.9. The number of benzene rings is 1. The van der Waals surface area contributed by atoms with Crippen LogP contribution in [0.25, 0.3) is 16.8 Å². The zero-order valence-electron chi connectivity index (χ0n) is 19.9. The van der Waals surface area contributed by atoms with Crippen LogP contribution >= 0.6 is 0 Å². The molecule has 39 heavy (non-hydrogen) atoms. The molecular formula is C23H17F7N6O3. The highest BCUT2D eigenvalue weighted by molar-refractivity contribution is 5.98. The van der Waals surface area contributed by atoms with E-state index in [4.69, 9.17) is 10.5 Å². The number of nitrogens with two attached hydrogens (primary N) is 1. The van der Waals surface area contributed by atoms with Crippen LogP contribution in [0.4, 0.5) is 36.6 Å². The van der Waals surface area contributed by atoms with E-state index in [-0.39, 0.29) is 28.3 Å². The fourth-order valence-corrected chi connectivity index (χ4v) is 3.81. The van der Waals surface area contributed by atoms with E-state index < -0.39 is 53.0 Å². The van der Waals surface area contributed by atoms with Crippen LogP contribution < -0.4 is 20.5 Å². The Labute approximate surface area is 214 Å². The maximum atomic E-state index is 14.4. The molecule has 16 heteroatoms. The van der Waals surface area contributed by atoms with Crippen molar-refractivity contribution in [1.29, 1.82) is 0 Å². The van der Waals surface area contributed by atoms with E-state index >= 15 is 0 Å². The summed E-state index contributed by atoms with van der Waals surface area (Å²) in [5, 5.41) is 6.24. The van der Waals surface area contributed by atoms with E-state index in [1.54, 1.807) is 0 Å². The van der Waals surface area contributed by atoms with Crippen LogP contribution in [0.1, 0.15) is 34.5 Å². The topological polar surface area (TPSA) is 117 Å². The van der Waals surface area contributed by atoms with Crippen LogP contribution in [-0.2, 0) is 6.18 Å². The average molecular weight is 558 g/mol. The lowest BCUT2D eigenvalue weighted by Crippen LogP contribution is -2.28. The summed E-state index contributed by atoms with van der Waals surface area (Å²) >= 11 is 0. The van der Waals surface area contributed by atoms with Gasteiger partial charge in [-0.2, -0.15) is 18.3 Å². The largest absolute Gasteiger partial charge is 0.573 e. The maximum absolute atomic E-state index is 14.4. The number of alkyl halides is 6. The van der Waals surface area contributed by atoms with E-state index in [0.29, 0.717) is 0 Å². The molecule has 0 aliphatic rings. The van der Waals surface area contributed by atoms with Gasteiger partial charge in [0, 0.05) is 17.3 Å². The molecule has 3 N–H and O–H groups in total. The molecule has 1 aromatic carbocycles. The van der Waals surface area contributed by atoms with Crippen LogP contribution in [-0.4, -0.2) is 39.0 Å². The lowest BCUT2D eigenvalue weighted by molar-refractivity contribution is -0.274. The second kappa shape index (κ2) is 9.92. The first-order valence-corrected chi connectivity index (χ1v) is 10.8. The number of halogens is 7. The Kier molecular flexibility index (Phi) is 6.97. The Balaban J connectivity index is 1.72. The lowest BCUT2D eigenvalue weighted by Gasteiger charge is -2.18. The van der Waals surface area contributed by atoms with Gasteiger partial charge in [-0.3, -0.25) is 4.79 Å². The van der Waals surface area contributed by atoms with Gasteiger partial charge in [0.2, 0.25) is 5.88 Å². The number of hydrogen-bond donors (Lipinski definition) is 2. The third kappa shape index (κ3) is 5.63. The van der Waals surface area contributed by atoms with Gasteiger partial charge in [0.1, 0.15) is 29.0 Å². The molecule has 9 nitrogen and oxygen atoms in total. The van der Waals surface area contributed by atoms with Gasteiger partial charge in [-0.25, -0.2) is 18.9 Å². The van der Waals surface area contributed by atoms with Crippen molar-refractivity contribution < 1.29 is 45.0 Å². The quantitative estimate of drug-likeness (QED) is 0.323. The zero-order chi connectivity index (χ0) is 28.7. The third-order valence-electron chi connectivity index (χ3n) is 5.49. The average Bonchev–Trinajstić information content (AvgIpc) is 3.25. The van der Waals surface area contributed by atoms with E-state index in [2.05, 4.69) is 25.1 Å². The van der Waals surface area contributed by atoms with Crippen molar-refractivity contribution >= 4 is 17.2 Å². The number of methoxy groups -OCH3 is 1. The van der Waals surface area contributed by atoms with Gasteiger partial charge in [0.05, 0.1) is 24.4 Å². The van der Waals surface area contributed by atoms with E-state index in [1.807, 2.05) is 0 Å². The molecule has 1 atom stereocenters. The van der Waals surface area contributed by atoms with Crippen LogP contribution in [0.3, 0.4) is 0 Å². The predicted molar refractivity (Wildman–Crippen MR) is 121 cm³/mol. The monoisotopic (exact) mass is 558 g/mol. The number of fused-ring (bicyclic) bond motifs is 1. The number of hydrogen-bond acceptors (Lipinski definition) is 7. The Bertz CT molecular complexity index is 1550. The molecule has 4 rings (SSSR count). The second-order valence-electron chi connectivity index (χ2n) is 8.05. The maximum Gasteiger partial charge on any atom is 0.573 e. The lowest BCUT2D eigenvalue weighted by atomic mass is 10.1. The van der Waals surface area contributed by atoms with Crippen LogP contribution in [0.5, 0.6) is 11.6 Å². The molecule has 0 saturated heterocycles. The van der Waals surface area contributed by atoms with Crippen molar-refractivity contribution in [3.8, 4) is 22.9 Å². The van der Waals surface area contributed by atoms with Gasteiger partial charge in [-0.1, -0.05) is 0 Å². The highest BCUT2D eigenvalue weighted by Gasteiger charge is 2.37. The van der Waals surface area contributed by atoms with E-state index in [0.717, 1.165) is 47.4 Å². The van der Waals surface area contributed by atoms with Crippen LogP contribution in [0.2, 0.25) is 0 Å². The predicted octanol–water partition coefficient (Wildman–Crippen LogP) is 4.93. The number of nitrogens with one attached hydrogen (secondary N) is 1. The number of carbonyl (C=O) groups is 1. The molecule has 3 aromatic heterocycles. The smallest absolute Gasteiger partial charge is 0.480 e. The molecule has 0 bridgehead atoms. The minimum Gasteiger partial charge on any atom is -0.480 e. The van der Waals surface area contributed by atoms with Gasteiger partial charge in [0.25, 0.3) is 5.91 Å². The number of carbonyl (C=O) groups excluding carboxylic acids is 1. The Morgan fingerprint density at radius 3 is 2.46 bits per heavy atom. The van der Waals surface area contributed by atoms with Gasteiger partial charge in [-0.05, 0) is 37.3 Å². The summed E-state index contributed by atoms with van der Waals surface area (Å²) in [5.41, 5.74) is 3.31. The molecule has 0 radical (unpaired) electrons. The number of aromatic nitrogens is 4. The van der Waals surface area contributed by atoms with Crippen molar-refractivity contribution in [3.63, 3.8) is 0 Å². The van der Waals surface area contributed by atoms with Crippen molar-refractivity contribution in [2.75, 3.05) is 12.8 Å². The van der Waals surface area contributed by atoms with Crippen molar-refractivity contribution in [3.05, 3.63) is 65.4 Å². The molecule has 4 aromatic rings. The number of pyridine rings is 1. The summed E-state index contributed by atoms with van der Waals surface area (Å²) in [6.45, 7) is 1.30. The summed E-state index contributed by atoms with van der Waals surface area (Å²) < 4.78 is 103. The summed E-state index contributed by atoms with van der Waals surface area (Å²) in [7, 11) is 1.18. The minimum atomic E-state index is -5.02. The first-order valence-electron chi connectivity index (χ1n) is 10.8. The molecule has 0 unspecified atom stereocenters. The Hall–Kier alpha value is -4.63. The Morgan fingerprint density at radius 1 is 1.10 bits per heavy atom. The third-order valence-corrected chi connectivity index (χ3v) is 5.49. The molecule has 3 heterocycles. The number of nitrogens with zero attached hydrogens (tertiary/aromatic N) is 4. The SMILES string of the molecule is COc1ncc(-c2cc(C(F)(F)F)c3c(N)ncnn23)cc1C(=O)N[C@H](C)c1cc(OC(F)(F)F)ccc1F. The van der Waals surface area contributed by atoms with Gasteiger partial charge >= 0.3 is 12.5 Å². The van der Waals surface area contributed by atoms with Gasteiger partial charge in [0.15, 0.2) is 5.82 Å². The Morgan fingerprint density at radius 2 is 1.82 bits per heavy atom. The summed E-state index contributed by atoms with van der Waals surface area (Å²) in [6.07, 6.45) is -7.75. The van der Waals surface area contributed by atoms with Crippen LogP contribution in [0, 0.1) is 5.82 Å². The minimum absolute atomic E-state index is 0.00366. The molecule has 206 valence electrons. The van der Waals surface area contributed by atoms with Crippen molar-refractivity contribution in [1.82, 2.24) is 24.9 Å². The van der Waals surface area contributed by atoms with Crippen molar-refractivity contribution in [2.45, 2.75) is 25.5 Å². The van der Waals surface area contributed by atoms with Gasteiger partial charge in [-0.15, -0.1) is 13.2 Å². The normalized spacial score (nSPS) is 12.8. The standard InChI is InChI=1S/C23H17F7N6O3/c1-10(13-6-12(3-4-16(13)24)39-23(28,29)30)35-20(37)14-5-11(8-32-21(14)38-2)17-7-15(22(25,26)27)18-19(31)33-9-34-36(17)18/h3-10H,1-2H3,(H,35,37)(H2,31,33,34)/t10-/m1/s1. The fraction of sp³-hybridized carbons (Fsp3) is 0.217. The van der Waals surface area contributed by atoms with Gasteiger partial charge < -0.3 is 20.5 Å². The number of ether oxygens (including phenoxy) is 2. The number of anilines is 1. The van der Waals surface area contributed by atoms with Crippen LogP contribution in [0.15, 0.2) is 42.9 Å². The number of amides is 1. The van der Waals surface area contributed by atoms with E-state index in [1.165, 1.54) is 14.0 Å². The molecule has 0 aliphatic carbocycles. The fourth-order valence-electron chi connectivity index (χ4n) is 3.81. The molecule has 1 amide bonds.